The van der Waals surface area contributed by atoms with Crippen LogP contribution in [0.5, 0.6) is 0 Å². The van der Waals surface area contributed by atoms with E-state index in [4.69, 9.17) is 27.7 Å². The minimum atomic E-state index is -0.326. The average molecular weight is 286 g/mol. The molecule has 0 bridgehead atoms. The van der Waals surface area contributed by atoms with Crippen molar-refractivity contribution >= 4 is 29.1 Å². The van der Waals surface area contributed by atoms with Gasteiger partial charge in [-0.3, -0.25) is 4.79 Å². The van der Waals surface area contributed by atoms with Gasteiger partial charge in [0.05, 0.1) is 17.1 Å². The number of carbonyl (C=O) groups excluding carboxylic acids is 1. The first-order valence-corrected chi connectivity index (χ1v) is 5.84. The van der Waals surface area contributed by atoms with E-state index < -0.39 is 0 Å². The van der Waals surface area contributed by atoms with E-state index in [1.165, 1.54) is 6.07 Å². The zero-order valence-corrected chi connectivity index (χ0v) is 10.9. The highest BCUT2D eigenvalue weighted by atomic mass is 35.5. The van der Waals surface area contributed by atoms with Crippen molar-refractivity contribution in [3.05, 3.63) is 45.5 Å². The highest BCUT2D eigenvalue weighted by Crippen LogP contribution is 2.20. The minimum absolute atomic E-state index is 0.151. The third-order valence-electron chi connectivity index (χ3n) is 2.15. The maximum atomic E-state index is 11.8. The Bertz CT molecular complexity index is 583. The van der Waals surface area contributed by atoms with Crippen molar-refractivity contribution in [2.75, 3.05) is 0 Å². The molecular formula is C11H9Cl2N3O2. The van der Waals surface area contributed by atoms with E-state index >= 15 is 0 Å². The first-order valence-electron chi connectivity index (χ1n) is 5.08. The second kappa shape index (κ2) is 5.37. The monoisotopic (exact) mass is 285 g/mol. The van der Waals surface area contributed by atoms with Crippen molar-refractivity contribution in [2.24, 2.45) is 0 Å². The molecule has 0 saturated carbocycles. The van der Waals surface area contributed by atoms with Crippen LogP contribution >= 0.6 is 23.2 Å². The lowest BCUT2D eigenvalue weighted by molar-refractivity contribution is 0.0946. The van der Waals surface area contributed by atoms with E-state index in [-0.39, 0.29) is 12.5 Å². The van der Waals surface area contributed by atoms with Gasteiger partial charge in [-0.1, -0.05) is 28.4 Å². The summed E-state index contributed by atoms with van der Waals surface area (Å²) in [5.74, 6) is 0.530. The van der Waals surface area contributed by atoms with Gasteiger partial charge in [-0.15, -0.1) is 0 Å². The molecule has 0 spiro atoms. The molecule has 1 aromatic carbocycles. The van der Waals surface area contributed by atoms with Gasteiger partial charge in [-0.2, -0.15) is 4.98 Å². The van der Waals surface area contributed by atoms with Crippen LogP contribution < -0.4 is 5.32 Å². The molecule has 1 amide bonds. The van der Waals surface area contributed by atoms with E-state index in [0.717, 1.165) is 0 Å². The molecule has 2 aromatic rings. The van der Waals surface area contributed by atoms with Gasteiger partial charge < -0.3 is 9.84 Å². The van der Waals surface area contributed by atoms with E-state index in [9.17, 15) is 4.79 Å². The fourth-order valence-corrected chi connectivity index (χ4v) is 1.83. The molecule has 0 atom stereocenters. The number of benzene rings is 1. The van der Waals surface area contributed by atoms with Crippen molar-refractivity contribution in [3.63, 3.8) is 0 Å². The minimum Gasteiger partial charge on any atom is -0.343 e. The van der Waals surface area contributed by atoms with Gasteiger partial charge in [0.25, 0.3) is 5.91 Å². The van der Waals surface area contributed by atoms with E-state index in [2.05, 4.69) is 15.5 Å². The Hall–Kier alpha value is -1.59. The quantitative estimate of drug-likeness (QED) is 0.941. The lowest BCUT2D eigenvalue weighted by Gasteiger charge is -2.04. The Morgan fingerprint density at radius 2 is 2.22 bits per heavy atom. The van der Waals surface area contributed by atoms with Crippen LogP contribution in [0, 0.1) is 6.92 Å². The SMILES string of the molecule is Cc1noc(CNC(=O)c2ccc(Cl)cc2Cl)n1. The van der Waals surface area contributed by atoms with Crippen molar-refractivity contribution in [2.45, 2.75) is 13.5 Å². The van der Waals surface area contributed by atoms with Crippen molar-refractivity contribution in [3.8, 4) is 0 Å². The summed E-state index contributed by atoms with van der Waals surface area (Å²) in [7, 11) is 0. The number of aromatic nitrogens is 2. The Morgan fingerprint density at radius 1 is 1.44 bits per heavy atom. The van der Waals surface area contributed by atoms with Crippen LogP contribution in [-0.2, 0) is 6.54 Å². The van der Waals surface area contributed by atoms with Crippen LogP contribution in [0.1, 0.15) is 22.1 Å². The summed E-state index contributed by atoms with van der Waals surface area (Å²) in [6.45, 7) is 1.85. The molecule has 94 valence electrons. The van der Waals surface area contributed by atoms with Gasteiger partial charge >= 0.3 is 0 Å². The van der Waals surface area contributed by atoms with Crippen LogP contribution in [0.4, 0.5) is 0 Å². The molecule has 1 N–H and O–H groups in total. The smallest absolute Gasteiger partial charge is 0.253 e. The second-order valence-electron chi connectivity index (χ2n) is 3.54. The fourth-order valence-electron chi connectivity index (χ4n) is 1.34. The highest BCUT2D eigenvalue weighted by Gasteiger charge is 2.11. The fraction of sp³-hybridized carbons (Fsp3) is 0.182. The van der Waals surface area contributed by atoms with Crippen LogP contribution in [-0.4, -0.2) is 16.0 Å². The molecule has 1 aromatic heterocycles. The predicted octanol–water partition coefficient (Wildman–Crippen LogP) is 2.61. The first kappa shape index (κ1) is 12.9. The van der Waals surface area contributed by atoms with Gasteiger partial charge in [-0.25, -0.2) is 0 Å². The molecule has 0 radical (unpaired) electrons. The van der Waals surface area contributed by atoms with Crippen molar-refractivity contribution < 1.29 is 9.32 Å². The molecule has 2 rings (SSSR count). The standard InChI is InChI=1S/C11H9Cl2N3O2/c1-6-15-10(18-16-6)5-14-11(17)8-3-2-7(12)4-9(8)13/h2-4H,5H2,1H3,(H,14,17). The maximum absolute atomic E-state index is 11.8. The largest absolute Gasteiger partial charge is 0.343 e. The van der Waals surface area contributed by atoms with Gasteiger partial charge in [-0.05, 0) is 25.1 Å². The maximum Gasteiger partial charge on any atom is 0.253 e. The van der Waals surface area contributed by atoms with Gasteiger partial charge in [0.15, 0.2) is 5.82 Å². The molecule has 7 heteroatoms. The van der Waals surface area contributed by atoms with Crippen molar-refractivity contribution in [1.82, 2.24) is 15.5 Å². The topological polar surface area (TPSA) is 68.0 Å². The number of hydrogen-bond donors (Lipinski definition) is 1. The van der Waals surface area contributed by atoms with Crippen LogP contribution in [0.25, 0.3) is 0 Å². The molecule has 0 unspecified atom stereocenters. The van der Waals surface area contributed by atoms with Crippen LogP contribution in [0.15, 0.2) is 22.7 Å². The second-order valence-corrected chi connectivity index (χ2v) is 4.39. The number of carbonyl (C=O) groups is 1. The summed E-state index contributed by atoms with van der Waals surface area (Å²) in [6, 6.07) is 4.66. The third kappa shape index (κ3) is 3.00. The van der Waals surface area contributed by atoms with Gasteiger partial charge in [0.1, 0.15) is 0 Å². The molecule has 0 aliphatic heterocycles. The van der Waals surface area contributed by atoms with E-state index in [1.807, 2.05) is 0 Å². The van der Waals surface area contributed by atoms with Crippen molar-refractivity contribution in [1.29, 1.82) is 0 Å². The lowest BCUT2D eigenvalue weighted by atomic mass is 10.2. The number of nitrogens with one attached hydrogen (secondary N) is 1. The number of aryl methyl sites for hydroxylation is 1. The zero-order valence-electron chi connectivity index (χ0n) is 9.41. The Balaban J connectivity index is 2.03. The van der Waals surface area contributed by atoms with Gasteiger partial charge in [0, 0.05) is 5.02 Å². The highest BCUT2D eigenvalue weighted by molar-refractivity contribution is 6.36. The van der Waals surface area contributed by atoms with E-state index in [1.54, 1.807) is 19.1 Å². The average Bonchev–Trinajstić information content (AvgIpc) is 2.72. The molecule has 0 saturated heterocycles. The zero-order chi connectivity index (χ0) is 13.1. The summed E-state index contributed by atoms with van der Waals surface area (Å²) in [4.78, 5) is 15.8. The number of rotatable bonds is 3. The Kier molecular flexibility index (Phi) is 3.84. The van der Waals surface area contributed by atoms with Crippen LogP contribution in [0.3, 0.4) is 0 Å². The molecular weight excluding hydrogens is 277 g/mol. The molecule has 0 aliphatic rings. The Morgan fingerprint density at radius 3 is 2.83 bits per heavy atom. The van der Waals surface area contributed by atoms with Crippen LogP contribution in [0.2, 0.25) is 10.0 Å². The molecule has 5 nitrogen and oxygen atoms in total. The summed E-state index contributed by atoms with van der Waals surface area (Å²) in [5.41, 5.74) is 0.345. The molecule has 0 aliphatic carbocycles. The summed E-state index contributed by atoms with van der Waals surface area (Å²) in [5, 5.41) is 7.01. The first-order chi connectivity index (χ1) is 8.56. The number of hydrogen-bond acceptors (Lipinski definition) is 4. The molecule has 18 heavy (non-hydrogen) atoms. The number of halogens is 2. The molecule has 0 fully saturated rings. The van der Waals surface area contributed by atoms with Gasteiger partial charge in [0.2, 0.25) is 5.89 Å². The molecule has 1 heterocycles. The summed E-state index contributed by atoms with van der Waals surface area (Å²) >= 11 is 11.7. The normalized spacial score (nSPS) is 10.4. The number of amides is 1. The summed E-state index contributed by atoms with van der Waals surface area (Å²) < 4.78 is 4.87. The predicted molar refractivity (Wildman–Crippen MR) is 66.7 cm³/mol. The lowest BCUT2D eigenvalue weighted by Crippen LogP contribution is -2.23. The van der Waals surface area contributed by atoms with E-state index in [0.29, 0.717) is 27.3 Å². The summed E-state index contributed by atoms with van der Waals surface area (Å²) in [6.07, 6.45) is 0. The number of nitrogens with zero attached hydrogens (tertiary/aromatic N) is 2. The third-order valence-corrected chi connectivity index (χ3v) is 2.69. The Labute approximate surface area is 113 Å².